The van der Waals surface area contributed by atoms with Crippen LogP contribution in [0.25, 0.3) is 0 Å². The minimum absolute atomic E-state index is 0.191. The summed E-state index contributed by atoms with van der Waals surface area (Å²) in [6.07, 6.45) is 0. The van der Waals surface area contributed by atoms with E-state index in [4.69, 9.17) is 9.52 Å². The molecule has 0 atom stereocenters. The van der Waals surface area contributed by atoms with Crippen molar-refractivity contribution in [1.29, 1.82) is 0 Å². The van der Waals surface area contributed by atoms with Crippen LogP contribution in [0.2, 0.25) is 0 Å². The zero-order valence-electron chi connectivity index (χ0n) is 12.2. The summed E-state index contributed by atoms with van der Waals surface area (Å²) in [4.78, 5) is 22.9. The normalized spacial score (nSPS) is 10.4. The number of aromatic carboxylic acids is 1. The number of hydrogen-bond acceptors (Lipinski definition) is 3. The summed E-state index contributed by atoms with van der Waals surface area (Å²) in [5, 5.41) is 11.6. The van der Waals surface area contributed by atoms with Crippen molar-refractivity contribution in [1.82, 2.24) is 5.32 Å². The van der Waals surface area contributed by atoms with Gasteiger partial charge in [0.05, 0.1) is 11.1 Å². The summed E-state index contributed by atoms with van der Waals surface area (Å²) in [6, 6.07) is 6.40. The number of nitrogens with one attached hydrogen (secondary N) is 1. The molecule has 0 spiro atoms. The summed E-state index contributed by atoms with van der Waals surface area (Å²) in [6.45, 7) is 5.77. The molecule has 0 saturated heterocycles. The van der Waals surface area contributed by atoms with Crippen LogP contribution < -0.4 is 5.32 Å². The highest BCUT2D eigenvalue weighted by Gasteiger charge is 2.18. The number of benzene rings is 1. The Hall–Kier alpha value is -2.56. The Balaban J connectivity index is 2.05. The molecule has 2 aromatic rings. The van der Waals surface area contributed by atoms with Crippen molar-refractivity contribution < 1.29 is 19.1 Å². The number of rotatable bonds is 4. The Morgan fingerprint density at radius 2 is 1.71 bits per heavy atom. The molecular weight excluding hydrogens is 270 g/mol. The Morgan fingerprint density at radius 1 is 1.10 bits per heavy atom. The van der Waals surface area contributed by atoms with Crippen LogP contribution in [0.1, 0.15) is 43.4 Å². The maximum Gasteiger partial charge on any atom is 0.335 e. The van der Waals surface area contributed by atoms with Crippen LogP contribution in [0, 0.1) is 20.8 Å². The lowest BCUT2D eigenvalue weighted by molar-refractivity contribution is 0.0696. The number of carboxylic acids is 1. The highest BCUT2D eigenvalue weighted by Crippen LogP contribution is 2.20. The summed E-state index contributed by atoms with van der Waals surface area (Å²) >= 11 is 0. The molecule has 0 bridgehead atoms. The molecule has 0 unspecified atom stereocenters. The van der Waals surface area contributed by atoms with Gasteiger partial charge in [-0.05, 0) is 38.5 Å². The van der Waals surface area contributed by atoms with Crippen molar-refractivity contribution in [2.45, 2.75) is 27.3 Å². The van der Waals surface area contributed by atoms with Crippen LogP contribution in [0.4, 0.5) is 0 Å². The third-order valence-corrected chi connectivity index (χ3v) is 3.44. The zero-order valence-corrected chi connectivity index (χ0v) is 12.2. The van der Waals surface area contributed by atoms with Gasteiger partial charge in [-0.1, -0.05) is 12.1 Å². The second-order valence-corrected chi connectivity index (χ2v) is 4.90. The zero-order chi connectivity index (χ0) is 15.6. The van der Waals surface area contributed by atoms with Crippen molar-refractivity contribution in [2.75, 3.05) is 0 Å². The highest BCUT2D eigenvalue weighted by atomic mass is 16.4. The van der Waals surface area contributed by atoms with Gasteiger partial charge in [-0.25, -0.2) is 4.79 Å². The van der Waals surface area contributed by atoms with Gasteiger partial charge in [0.15, 0.2) is 0 Å². The number of carbonyl (C=O) groups excluding carboxylic acids is 1. The van der Waals surface area contributed by atoms with Crippen molar-refractivity contribution in [3.8, 4) is 0 Å². The first-order chi connectivity index (χ1) is 9.90. The quantitative estimate of drug-likeness (QED) is 0.906. The van der Waals surface area contributed by atoms with Gasteiger partial charge in [-0.15, -0.1) is 0 Å². The van der Waals surface area contributed by atoms with Crippen molar-refractivity contribution in [3.63, 3.8) is 0 Å². The van der Waals surface area contributed by atoms with Gasteiger partial charge in [0, 0.05) is 12.1 Å². The number of hydrogen-bond donors (Lipinski definition) is 2. The molecule has 1 amide bonds. The molecular formula is C16H17NO4. The van der Waals surface area contributed by atoms with Crippen LogP contribution in [0.3, 0.4) is 0 Å². The molecule has 110 valence electrons. The molecule has 0 aliphatic rings. The molecule has 1 aromatic carbocycles. The number of carbonyl (C=O) groups is 2. The van der Waals surface area contributed by atoms with Crippen molar-refractivity contribution >= 4 is 11.9 Å². The van der Waals surface area contributed by atoms with E-state index in [0.29, 0.717) is 17.9 Å². The van der Waals surface area contributed by atoms with E-state index in [-0.39, 0.29) is 11.5 Å². The third-order valence-electron chi connectivity index (χ3n) is 3.44. The molecule has 0 aliphatic heterocycles. The molecule has 0 saturated carbocycles. The predicted molar refractivity (Wildman–Crippen MR) is 77.5 cm³/mol. The fourth-order valence-electron chi connectivity index (χ4n) is 2.16. The number of aryl methyl sites for hydroxylation is 2. The van der Waals surface area contributed by atoms with Crippen LogP contribution >= 0.6 is 0 Å². The van der Waals surface area contributed by atoms with Gasteiger partial charge in [0.1, 0.15) is 11.5 Å². The lowest BCUT2D eigenvalue weighted by Gasteiger charge is -2.06. The van der Waals surface area contributed by atoms with Gasteiger partial charge in [-0.2, -0.15) is 0 Å². The lowest BCUT2D eigenvalue weighted by Crippen LogP contribution is -2.23. The van der Waals surface area contributed by atoms with E-state index in [9.17, 15) is 9.59 Å². The second kappa shape index (κ2) is 5.83. The minimum Gasteiger partial charge on any atom is -0.478 e. The fraction of sp³-hybridized carbons (Fsp3) is 0.250. The number of furan rings is 1. The second-order valence-electron chi connectivity index (χ2n) is 4.90. The van der Waals surface area contributed by atoms with Crippen LogP contribution in [0.15, 0.2) is 28.7 Å². The molecule has 5 nitrogen and oxygen atoms in total. The first kappa shape index (κ1) is 14.8. The smallest absolute Gasteiger partial charge is 0.335 e. The van der Waals surface area contributed by atoms with Gasteiger partial charge < -0.3 is 14.8 Å². The Morgan fingerprint density at radius 3 is 2.19 bits per heavy atom. The van der Waals surface area contributed by atoms with E-state index >= 15 is 0 Å². The number of amides is 1. The SMILES string of the molecule is Cc1oc(C)c(C(=O)NCc2ccc(C(=O)O)cc2)c1C. The van der Waals surface area contributed by atoms with Gasteiger partial charge in [0.2, 0.25) is 0 Å². The van der Waals surface area contributed by atoms with E-state index in [0.717, 1.165) is 16.9 Å². The molecule has 0 fully saturated rings. The predicted octanol–water partition coefficient (Wildman–Crippen LogP) is 2.83. The number of carboxylic acid groups (broad SMARTS) is 1. The van der Waals surface area contributed by atoms with Crippen molar-refractivity contribution in [2.24, 2.45) is 0 Å². The Labute approximate surface area is 122 Å². The maximum atomic E-state index is 12.2. The maximum absolute atomic E-state index is 12.2. The van der Waals surface area contributed by atoms with E-state index in [1.54, 1.807) is 19.1 Å². The van der Waals surface area contributed by atoms with Gasteiger partial charge in [-0.3, -0.25) is 4.79 Å². The lowest BCUT2D eigenvalue weighted by atomic mass is 10.1. The average molecular weight is 287 g/mol. The topological polar surface area (TPSA) is 79.5 Å². The monoisotopic (exact) mass is 287 g/mol. The molecule has 0 radical (unpaired) electrons. The Bertz CT molecular complexity index is 683. The van der Waals surface area contributed by atoms with E-state index in [2.05, 4.69) is 5.32 Å². The molecule has 5 heteroatoms. The van der Waals surface area contributed by atoms with Crippen LogP contribution in [-0.2, 0) is 6.54 Å². The Kier molecular flexibility index (Phi) is 4.12. The minimum atomic E-state index is -0.967. The van der Waals surface area contributed by atoms with E-state index < -0.39 is 5.97 Å². The summed E-state index contributed by atoms with van der Waals surface area (Å²) in [7, 11) is 0. The largest absolute Gasteiger partial charge is 0.478 e. The summed E-state index contributed by atoms with van der Waals surface area (Å²) in [5.74, 6) is 0.182. The van der Waals surface area contributed by atoms with Crippen LogP contribution in [-0.4, -0.2) is 17.0 Å². The van der Waals surface area contributed by atoms with E-state index in [1.807, 2.05) is 13.8 Å². The van der Waals surface area contributed by atoms with Crippen molar-refractivity contribution in [3.05, 3.63) is 58.0 Å². The molecule has 2 rings (SSSR count). The third kappa shape index (κ3) is 3.13. The molecule has 21 heavy (non-hydrogen) atoms. The summed E-state index contributed by atoms with van der Waals surface area (Å²) < 4.78 is 5.43. The van der Waals surface area contributed by atoms with Crippen LogP contribution in [0.5, 0.6) is 0 Å². The summed E-state index contributed by atoms with van der Waals surface area (Å²) in [5.41, 5.74) is 2.46. The average Bonchev–Trinajstić information content (AvgIpc) is 2.70. The first-order valence-corrected chi connectivity index (χ1v) is 6.57. The molecule has 1 heterocycles. The first-order valence-electron chi connectivity index (χ1n) is 6.57. The molecule has 2 N–H and O–H groups in total. The van der Waals surface area contributed by atoms with Gasteiger partial charge >= 0.3 is 5.97 Å². The highest BCUT2D eigenvalue weighted by molar-refractivity contribution is 5.96. The van der Waals surface area contributed by atoms with Gasteiger partial charge in [0.25, 0.3) is 5.91 Å². The molecule has 0 aliphatic carbocycles. The van der Waals surface area contributed by atoms with E-state index in [1.165, 1.54) is 12.1 Å². The molecule has 1 aromatic heterocycles. The fourth-order valence-corrected chi connectivity index (χ4v) is 2.16. The standard InChI is InChI=1S/C16H17NO4/c1-9-10(2)21-11(3)14(9)15(18)17-8-12-4-6-13(7-5-12)16(19)20/h4-7H,8H2,1-3H3,(H,17,18)(H,19,20).